The number of fused-ring (bicyclic) bond motifs is 1. The van der Waals surface area contributed by atoms with E-state index >= 15 is 0 Å². The summed E-state index contributed by atoms with van der Waals surface area (Å²) in [6.45, 7) is 0.927. The third-order valence-corrected chi connectivity index (χ3v) is 3.65. The first kappa shape index (κ1) is 11.6. The van der Waals surface area contributed by atoms with Gasteiger partial charge in [-0.25, -0.2) is 4.39 Å². The standard InChI is InChI=1S/C15H17FN2/c16-15(13-5-1-2-8-17-13)12-7-6-11-4-3-9-18-14(11)10-12/h3-4,6-7,9-10,13,15,17H,1-2,5,8H2. The van der Waals surface area contributed by atoms with E-state index in [1.165, 1.54) is 0 Å². The van der Waals surface area contributed by atoms with Crippen LogP contribution in [0.2, 0.25) is 0 Å². The van der Waals surface area contributed by atoms with Gasteiger partial charge in [0.15, 0.2) is 0 Å². The second kappa shape index (κ2) is 5.02. The number of pyridine rings is 1. The lowest BCUT2D eigenvalue weighted by Gasteiger charge is -2.26. The average molecular weight is 244 g/mol. The van der Waals surface area contributed by atoms with Gasteiger partial charge in [-0.15, -0.1) is 0 Å². The molecule has 1 N–H and O–H groups in total. The summed E-state index contributed by atoms with van der Waals surface area (Å²) < 4.78 is 14.5. The minimum Gasteiger partial charge on any atom is -0.311 e. The van der Waals surface area contributed by atoms with Gasteiger partial charge in [0.05, 0.1) is 5.52 Å². The molecular formula is C15H17FN2. The molecule has 0 saturated carbocycles. The molecule has 2 nitrogen and oxygen atoms in total. The van der Waals surface area contributed by atoms with E-state index in [1.54, 1.807) is 6.20 Å². The fraction of sp³-hybridized carbons (Fsp3) is 0.400. The van der Waals surface area contributed by atoms with Crippen molar-refractivity contribution in [1.82, 2.24) is 10.3 Å². The Labute approximate surface area is 106 Å². The second-order valence-electron chi connectivity index (χ2n) is 4.91. The Morgan fingerprint density at radius 2 is 2.22 bits per heavy atom. The Kier molecular flexibility index (Phi) is 3.24. The molecule has 1 aromatic carbocycles. The Balaban J connectivity index is 1.88. The van der Waals surface area contributed by atoms with Crippen molar-refractivity contribution in [2.24, 2.45) is 0 Å². The number of aromatic nitrogens is 1. The van der Waals surface area contributed by atoms with E-state index in [4.69, 9.17) is 0 Å². The van der Waals surface area contributed by atoms with E-state index < -0.39 is 6.17 Å². The van der Waals surface area contributed by atoms with E-state index in [0.29, 0.717) is 0 Å². The molecule has 0 amide bonds. The van der Waals surface area contributed by atoms with Crippen LogP contribution in [0.15, 0.2) is 36.5 Å². The molecule has 94 valence electrons. The summed E-state index contributed by atoms with van der Waals surface area (Å²) in [7, 11) is 0. The molecule has 3 rings (SSSR count). The van der Waals surface area contributed by atoms with Crippen LogP contribution in [-0.4, -0.2) is 17.6 Å². The molecular weight excluding hydrogens is 227 g/mol. The normalized spacial score (nSPS) is 21.9. The fourth-order valence-corrected chi connectivity index (χ4v) is 2.62. The van der Waals surface area contributed by atoms with Gasteiger partial charge in [-0.1, -0.05) is 24.6 Å². The van der Waals surface area contributed by atoms with Crippen molar-refractivity contribution in [2.45, 2.75) is 31.5 Å². The van der Waals surface area contributed by atoms with Gasteiger partial charge < -0.3 is 5.32 Å². The molecule has 0 radical (unpaired) electrons. The zero-order chi connectivity index (χ0) is 12.4. The van der Waals surface area contributed by atoms with E-state index in [0.717, 1.165) is 42.3 Å². The van der Waals surface area contributed by atoms with Crippen LogP contribution in [0.25, 0.3) is 10.9 Å². The van der Waals surface area contributed by atoms with E-state index in [2.05, 4.69) is 10.3 Å². The van der Waals surface area contributed by atoms with Crippen molar-refractivity contribution in [3.8, 4) is 0 Å². The number of halogens is 1. The smallest absolute Gasteiger partial charge is 0.140 e. The van der Waals surface area contributed by atoms with Crippen LogP contribution in [-0.2, 0) is 0 Å². The molecule has 1 aromatic heterocycles. The SMILES string of the molecule is FC(c1ccc2cccnc2c1)C1CCCCN1. The van der Waals surface area contributed by atoms with Crippen molar-refractivity contribution in [3.05, 3.63) is 42.1 Å². The van der Waals surface area contributed by atoms with Crippen LogP contribution in [0.1, 0.15) is 31.0 Å². The number of benzene rings is 1. The second-order valence-corrected chi connectivity index (χ2v) is 4.91. The zero-order valence-corrected chi connectivity index (χ0v) is 10.3. The highest BCUT2D eigenvalue weighted by molar-refractivity contribution is 5.78. The van der Waals surface area contributed by atoms with E-state index in [1.807, 2.05) is 30.3 Å². The maximum atomic E-state index is 14.5. The van der Waals surface area contributed by atoms with Gasteiger partial charge in [0.2, 0.25) is 0 Å². The number of nitrogens with zero attached hydrogens (tertiary/aromatic N) is 1. The summed E-state index contributed by atoms with van der Waals surface area (Å²) in [6.07, 6.45) is 4.00. The van der Waals surface area contributed by atoms with Crippen LogP contribution in [0.5, 0.6) is 0 Å². The summed E-state index contributed by atoms with van der Waals surface area (Å²) in [5, 5.41) is 4.33. The van der Waals surface area contributed by atoms with Crippen molar-refractivity contribution in [3.63, 3.8) is 0 Å². The highest BCUT2D eigenvalue weighted by atomic mass is 19.1. The topological polar surface area (TPSA) is 24.9 Å². The zero-order valence-electron chi connectivity index (χ0n) is 10.3. The summed E-state index contributed by atoms with van der Waals surface area (Å²) in [5.74, 6) is 0. The summed E-state index contributed by atoms with van der Waals surface area (Å²) in [5.41, 5.74) is 1.61. The lowest BCUT2D eigenvalue weighted by molar-refractivity contribution is 0.221. The molecule has 1 fully saturated rings. The van der Waals surface area contributed by atoms with Gasteiger partial charge in [0, 0.05) is 17.6 Å². The first-order chi connectivity index (χ1) is 8.84. The number of hydrogen-bond donors (Lipinski definition) is 1. The number of hydrogen-bond acceptors (Lipinski definition) is 2. The largest absolute Gasteiger partial charge is 0.311 e. The number of piperidine rings is 1. The van der Waals surface area contributed by atoms with Crippen LogP contribution < -0.4 is 5.32 Å². The monoisotopic (exact) mass is 244 g/mol. The highest BCUT2D eigenvalue weighted by Crippen LogP contribution is 2.28. The molecule has 2 heterocycles. The van der Waals surface area contributed by atoms with Gasteiger partial charge in [0.25, 0.3) is 0 Å². The van der Waals surface area contributed by atoms with Crippen LogP contribution in [0, 0.1) is 0 Å². The molecule has 1 aliphatic heterocycles. The Morgan fingerprint density at radius 3 is 3.06 bits per heavy atom. The molecule has 2 aromatic rings. The predicted molar refractivity (Wildman–Crippen MR) is 71.2 cm³/mol. The van der Waals surface area contributed by atoms with Gasteiger partial charge in [0.1, 0.15) is 6.17 Å². The van der Waals surface area contributed by atoms with Crippen molar-refractivity contribution < 1.29 is 4.39 Å². The average Bonchev–Trinajstić information content (AvgIpc) is 2.47. The highest BCUT2D eigenvalue weighted by Gasteiger charge is 2.24. The van der Waals surface area contributed by atoms with Gasteiger partial charge in [-0.2, -0.15) is 0 Å². The third kappa shape index (κ3) is 2.23. The lowest BCUT2D eigenvalue weighted by atomic mass is 9.95. The third-order valence-electron chi connectivity index (χ3n) is 3.65. The minimum atomic E-state index is -0.934. The summed E-state index contributed by atoms with van der Waals surface area (Å²) in [4.78, 5) is 4.28. The van der Waals surface area contributed by atoms with Crippen molar-refractivity contribution in [1.29, 1.82) is 0 Å². The molecule has 3 heteroatoms. The Morgan fingerprint density at radius 1 is 1.28 bits per heavy atom. The molecule has 0 bridgehead atoms. The fourth-order valence-electron chi connectivity index (χ4n) is 2.62. The molecule has 2 unspecified atom stereocenters. The van der Waals surface area contributed by atoms with E-state index in [9.17, 15) is 4.39 Å². The molecule has 1 saturated heterocycles. The van der Waals surface area contributed by atoms with Gasteiger partial charge in [-0.3, -0.25) is 4.98 Å². The Hall–Kier alpha value is -1.48. The molecule has 18 heavy (non-hydrogen) atoms. The lowest BCUT2D eigenvalue weighted by Crippen LogP contribution is -2.37. The molecule has 0 aliphatic carbocycles. The molecule has 0 spiro atoms. The first-order valence-electron chi connectivity index (χ1n) is 6.57. The molecule has 2 atom stereocenters. The minimum absolute atomic E-state index is 0.0417. The first-order valence-corrected chi connectivity index (χ1v) is 6.57. The number of rotatable bonds is 2. The van der Waals surface area contributed by atoms with Crippen LogP contribution in [0.4, 0.5) is 4.39 Å². The quantitative estimate of drug-likeness (QED) is 0.876. The maximum absolute atomic E-state index is 14.5. The van der Waals surface area contributed by atoms with Crippen LogP contribution >= 0.6 is 0 Å². The number of nitrogens with one attached hydrogen (secondary N) is 1. The summed E-state index contributed by atoms with van der Waals surface area (Å²) in [6, 6.07) is 9.56. The predicted octanol–water partition coefficient (Wildman–Crippen LogP) is 3.39. The van der Waals surface area contributed by atoms with E-state index in [-0.39, 0.29) is 6.04 Å². The Bertz CT molecular complexity index is 535. The van der Waals surface area contributed by atoms with Crippen molar-refractivity contribution >= 4 is 10.9 Å². The maximum Gasteiger partial charge on any atom is 0.140 e. The van der Waals surface area contributed by atoms with Crippen LogP contribution in [0.3, 0.4) is 0 Å². The van der Waals surface area contributed by atoms with Gasteiger partial charge >= 0.3 is 0 Å². The van der Waals surface area contributed by atoms with Gasteiger partial charge in [-0.05, 0) is 37.1 Å². The summed E-state index contributed by atoms with van der Waals surface area (Å²) >= 11 is 0. The number of alkyl halides is 1. The molecule has 1 aliphatic rings. The van der Waals surface area contributed by atoms with Crippen molar-refractivity contribution in [2.75, 3.05) is 6.54 Å².